The third-order valence-corrected chi connectivity index (χ3v) is 5.24. The van der Waals surface area contributed by atoms with Crippen LogP contribution in [0.15, 0.2) is 17.0 Å². The van der Waals surface area contributed by atoms with Crippen LogP contribution in [0.1, 0.15) is 12.8 Å². The molecule has 4 nitrogen and oxygen atoms in total. The van der Waals surface area contributed by atoms with Crippen LogP contribution in [0, 0.1) is 5.82 Å². The van der Waals surface area contributed by atoms with Crippen LogP contribution in [-0.2, 0) is 10.0 Å². The first-order valence-electron chi connectivity index (χ1n) is 5.78. The lowest BCUT2D eigenvalue weighted by Gasteiger charge is -2.23. The molecule has 1 aliphatic rings. The molecule has 1 heterocycles. The summed E-state index contributed by atoms with van der Waals surface area (Å²) in [7, 11) is -3.85. The fourth-order valence-electron chi connectivity index (χ4n) is 1.95. The number of halogens is 4. The number of piperidine rings is 1. The Kier molecular flexibility index (Phi) is 6.50. The van der Waals surface area contributed by atoms with Gasteiger partial charge in [-0.25, -0.2) is 17.5 Å². The van der Waals surface area contributed by atoms with Gasteiger partial charge in [-0.1, -0.05) is 23.2 Å². The van der Waals surface area contributed by atoms with Crippen LogP contribution in [0.5, 0.6) is 0 Å². The summed E-state index contributed by atoms with van der Waals surface area (Å²) in [6.07, 6.45) is 1.62. The van der Waals surface area contributed by atoms with E-state index >= 15 is 0 Å². The van der Waals surface area contributed by atoms with Gasteiger partial charge in [0.15, 0.2) is 5.82 Å². The first kappa shape index (κ1) is 17.9. The smallest absolute Gasteiger partial charge is 0.242 e. The Hall–Kier alpha value is -0.110. The molecule has 20 heavy (non-hydrogen) atoms. The summed E-state index contributed by atoms with van der Waals surface area (Å²) in [5, 5.41) is 2.40. The van der Waals surface area contributed by atoms with Gasteiger partial charge in [0.05, 0.1) is 10.0 Å². The SMILES string of the molecule is Cl.O=S(=O)(N[C@@H]1CCCNC1)c1ccc(Cl)c(F)c1Cl. The summed E-state index contributed by atoms with van der Waals surface area (Å²) >= 11 is 11.2. The minimum absolute atomic E-state index is 0. The van der Waals surface area contributed by atoms with Crippen molar-refractivity contribution >= 4 is 45.6 Å². The summed E-state index contributed by atoms with van der Waals surface area (Å²) in [5.74, 6) is -0.923. The van der Waals surface area contributed by atoms with Crippen molar-refractivity contribution in [3.63, 3.8) is 0 Å². The van der Waals surface area contributed by atoms with Gasteiger partial charge in [0.2, 0.25) is 10.0 Å². The molecular weight excluding hydrogens is 350 g/mol. The Bertz CT molecular complexity index is 577. The van der Waals surface area contributed by atoms with Crippen molar-refractivity contribution in [1.29, 1.82) is 0 Å². The number of nitrogens with one attached hydrogen (secondary N) is 2. The second kappa shape index (κ2) is 7.24. The summed E-state index contributed by atoms with van der Waals surface area (Å²) in [5.41, 5.74) is 0. The predicted molar refractivity (Wildman–Crippen MR) is 79.9 cm³/mol. The van der Waals surface area contributed by atoms with Gasteiger partial charge in [-0.15, -0.1) is 12.4 Å². The van der Waals surface area contributed by atoms with Crippen LogP contribution in [-0.4, -0.2) is 27.5 Å². The Labute approximate surface area is 133 Å². The summed E-state index contributed by atoms with van der Waals surface area (Å²) in [6, 6.07) is 2.16. The molecule has 0 unspecified atom stereocenters. The lowest BCUT2D eigenvalue weighted by atomic mass is 10.1. The van der Waals surface area contributed by atoms with Crippen molar-refractivity contribution in [3.05, 3.63) is 28.0 Å². The first-order chi connectivity index (χ1) is 8.92. The maximum atomic E-state index is 13.5. The minimum atomic E-state index is -3.85. The second-order valence-corrected chi connectivity index (χ2v) is 6.81. The van der Waals surface area contributed by atoms with E-state index in [1.54, 1.807) is 0 Å². The maximum Gasteiger partial charge on any atom is 0.242 e. The highest BCUT2D eigenvalue weighted by Gasteiger charge is 2.25. The molecule has 2 rings (SSSR count). The average Bonchev–Trinajstić information content (AvgIpc) is 2.36. The zero-order chi connectivity index (χ0) is 14.0. The van der Waals surface area contributed by atoms with Crippen molar-refractivity contribution in [3.8, 4) is 0 Å². The standard InChI is InChI=1S/C11H13Cl2FN2O2S.ClH/c12-8-3-4-9(10(13)11(8)14)19(17,18)16-7-2-1-5-15-6-7;/h3-4,7,15-16H,1-2,5-6H2;1H/t7-;/m1./s1. The van der Waals surface area contributed by atoms with Gasteiger partial charge in [0.25, 0.3) is 0 Å². The molecule has 0 aliphatic carbocycles. The molecule has 0 amide bonds. The highest BCUT2D eigenvalue weighted by Crippen LogP contribution is 2.29. The van der Waals surface area contributed by atoms with Gasteiger partial charge in [0, 0.05) is 12.6 Å². The van der Waals surface area contributed by atoms with Gasteiger partial charge in [-0.3, -0.25) is 0 Å². The molecule has 9 heteroatoms. The summed E-state index contributed by atoms with van der Waals surface area (Å²) in [6.45, 7) is 1.42. The zero-order valence-electron chi connectivity index (χ0n) is 10.3. The van der Waals surface area contributed by atoms with Gasteiger partial charge < -0.3 is 5.32 Å². The molecule has 1 aromatic rings. The van der Waals surface area contributed by atoms with E-state index < -0.39 is 20.9 Å². The molecule has 1 aliphatic heterocycles. The third kappa shape index (κ3) is 3.96. The number of benzene rings is 1. The van der Waals surface area contributed by atoms with E-state index in [1.165, 1.54) is 12.1 Å². The monoisotopic (exact) mass is 362 g/mol. The Morgan fingerprint density at radius 3 is 2.65 bits per heavy atom. The van der Waals surface area contributed by atoms with E-state index in [0.717, 1.165) is 19.4 Å². The highest BCUT2D eigenvalue weighted by atomic mass is 35.5. The highest BCUT2D eigenvalue weighted by molar-refractivity contribution is 7.89. The summed E-state index contributed by atoms with van der Waals surface area (Å²) in [4.78, 5) is -0.290. The van der Waals surface area contributed by atoms with Crippen molar-refractivity contribution in [1.82, 2.24) is 10.0 Å². The molecular formula is C11H14Cl3FN2O2S. The van der Waals surface area contributed by atoms with Crippen LogP contribution in [0.3, 0.4) is 0 Å². The molecule has 2 N–H and O–H groups in total. The van der Waals surface area contributed by atoms with Crippen molar-refractivity contribution < 1.29 is 12.8 Å². The van der Waals surface area contributed by atoms with E-state index in [0.29, 0.717) is 6.54 Å². The lowest BCUT2D eigenvalue weighted by Crippen LogP contribution is -2.45. The maximum absolute atomic E-state index is 13.5. The van der Waals surface area contributed by atoms with Crippen LogP contribution in [0.2, 0.25) is 10.0 Å². The predicted octanol–water partition coefficient (Wildman–Crippen LogP) is 2.58. The largest absolute Gasteiger partial charge is 0.315 e. The topological polar surface area (TPSA) is 58.2 Å². The fourth-order valence-corrected chi connectivity index (χ4v) is 3.97. The van der Waals surface area contributed by atoms with E-state index in [4.69, 9.17) is 23.2 Å². The lowest BCUT2D eigenvalue weighted by molar-refractivity contribution is 0.428. The second-order valence-electron chi connectivity index (χ2n) is 4.34. The molecule has 1 aromatic carbocycles. The van der Waals surface area contributed by atoms with E-state index in [2.05, 4.69) is 10.0 Å². The van der Waals surface area contributed by atoms with E-state index in [1.807, 2.05) is 0 Å². The first-order valence-corrected chi connectivity index (χ1v) is 8.02. The number of hydrogen-bond acceptors (Lipinski definition) is 3. The minimum Gasteiger partial charge on any atom is -0.315 e. The normalized spacial score (nSPS) is 19.4. The van der Waals surface area contributed by atoms with E-state index in [-0.39, 0.29) is 28.4 Å². The number of sulfonamides is 1. The molecule has 0 spiro atoms. The third-order valence-electron chi connectivity index (χ3n) is 2.91. The van der Waals surface area contributed by atoms with Crippen LogP contribution in [0.4, 0.5) is 4.39 Å². The van der Waals surface area contributed by atoms with Gasteiger partial charge >= 0.3 is 0 Å². The Morgan fingerprint density at radius 2 is 2.05 bits per heavy atom. The van der Waals surface area contributed by atoms with Crippen molar-refractivity contribution in [2.45, 2.75) is 23.8 Å². The molecule has 0 aromatic heterocycles. The van der Waals surface area contributed by atoms with Gasteiger partial charge in [-0.05, 0) is 31.5 Å². The molecule has 0 radical (unpaired) electrons. The van der Waals surface area contributed by atoms with Gasteiger partial charge in [-0.2, -0.15) is 0 Å². The van der Waals surface area contributed by atoms with E-state index in [9.17, 15) is 12.8 Å². The number of hydrogen-bond donors (Lipinski definition) is 2. The molecule has 114 valence electrons. The average molecular weight is 364 g/mol. The number of rotatable bonds is 3. The zero-order valence-corrected chi connectivity index (χ0v) is 13.5. The Balaban J connectivity index is 0.00000200. The van der Waals surface area contributed by atoms with Crippen LogP contribution in [0.25, 0.3) is 0 Å². The molecule has 1 fully saturated rings. The fraction of sp³-hybridized carbons (Fsp3) is 0.455. The summed E-state index contributed by atoms with van der Waals surface area (Å²) < 4.78 is 40.3. The van der Waals surface area contributed by atoms with Crippen LogP contribution < -0.4 is 10.0 Å². The quantitative estimate of drug-likeness (QED) is 0.812. The molecule has 1 saturated heterocycles. The molecule has 0 bridgehead atoms. The van der Waals surface area contributed by atoms with Crippen LogP contribution >= 0.6 is 35.6 Å². The molecule has 1 atom stereocenters. The van der Waals surface area contributed by atoms with Crippen molar-refractivity contribution in [2.24, 2.45) is 0 Å². The van der Waals surface area contributed by atoms with Crippen molar-refractivity contribution in [2.75, 3.05) is 13.1 Å². The Morgan fingerprint density at radius 1 is 1.35 bits per heavy atom. The molecule has 0 saturated carbocycles. The van der Waals surface area contributed by atoms with Gasteiger partial charge in [0.1, 0.15) is 4.90 Å².